The van der Waals surface area contributed by atoms with Crippen molar-refractivity contribution in [2.45, 2.75) is 19.8 Å². The van der Waals surface area contributed by atoms with Crippen LogP contribution in [0.3, 0.4) is 0 Å². The minimum absolute atomic E-state index is 0.0391. The summed E-state index contributed by atoms with van der Waals surface area (Å²) in [4.78, 5) is 38.9. The fourth-order valence-corrected chi connectivity index (χ4v) is 3.62. The highest BCUT2D eigenvalue weighted by Gasteiger charge is 2.40. The Hall–Kier alpha value is -2.08. The van der Waals surface area contributed by atoms with Gasteiger partial charge in [-0.15, -0.1) is 11.8 Å². The van der Waals surface area contributed by atoms with Crippen LogP contribution in [0.2, 0.25) is 0 Å². The van der Waals surface area contributed by atoms with Crippen molar-refractivity contribution in [2.24, 2.45) is 0 Å². The van der Waals surface area contributed by atoms with E-state index in [-0.39, 0.29) is 18.1 Å². The Labute approximate surface area is 139 Å². The Morgan fingerprint density at radius 3 is 2.52 bits per heavy atom. The van der Waals surface area contributed by atoms with Gasteiger partial charge in [-0.3, -0.25) is 9.59 Å². The Bertz CT molecular complexity index is 696. The van der Waals surface area contributed by atoms with Crippen LogP contribution in [0, 0.1) is 0 Å². The van der Waals surface area contributed by atoms with E-state index in [1.165, 1.54) is 18.7 Å². The summed E-state index contributed by atoms with van der Waals surface area (Å²) in [6.45, 7) is 3.17. The highest BCUT2D eigenvalue weighted by Crippen LogP contribution is 2.44. The number of rotatable bonds is 5. The SMILES string of the molecule is CCOC(=O)/C(C(C)=O)=C(\SC)C1C(=O)N(C)c2ccccc21. The molecule has 0 aliphatic carbocycles. The average molecular weight is 333 g/mol. The Morgan fingerprint density at radius 1 is 1.30 bits per heavy atom. The molecule has 0 saturated heterocycles. The van der Waals surface area contributed by atoms with Crippen molar-refractivity contribution in [3.8, 4) is 0 Å². The number of carbonyl (C=O) groups excluding carboxylic acids is 3. The maximum atomic E-state index is 12.7. The number of fused-ring (bicyclic) bond motifs is 1. The van der Waals surface area contributed by atoms with Gasteiger partial charge >= 0.3 is 5.97 Å². The van der Waals surface area contributed by atoms with E-state index in [0.717, 1.165) is 11.3 Å². The van der Waals surface area contributed by atoms with Crippen molar-refractivity contribution in [2.75, 3.05) is 24.8 Å². The zero-order chi connectivity index (χ0) is 17.1. The summed E-state index contributed by atoms with van der Waals surface area (Å²) in [5, 5.41) is 0. The summed E-state index contributed by atoms with van der Waals surface area (Å²) in [6.07, 6.45) is 1.76. The van der Waals surface area contributed by atoms with Gasteiger partial charge in [0.2, 0.25) is 5.91 Å². The van der Waals surface area contributed by atoms with Gasteiger partial charge in [0.05, 0.1) is 12.5 Å². The van der Waals surface area contributed by atoms with E-state index >= 15 is 0 Å². The zero-order valence-corrected chi connectivity index (χ0v) is 14.4. The zero-order valence-electron chi connectivity index (χ0n) is 13.6. The van der Waals surface area contributed by atoms with Crippen molar-refractivity contribution < 1.29 is 19.1 Å². The van der Waals surface area contributed by atoms with Crippen molar-refractivity contribution in [1.82, 2.24) is 0 Å². The first kappa shape index (κ1) is 17.3. The van der Waals surface area contributed by atoms with Crippen LogP contribution in [-0.4, -0.2) is 37.6 Å². The lowest BCUT2D eigenvalue weighted by atomic mass is 9.96. The highest BCUT2D eigenvalue weighted by atomic mass is 32.2. The van der Waals surface area contributed by atoms with E-state index in [0.29, 0.717) is 4.91 Å². The average Bonchev–Trinajstić information content (AvgIpc) is 2.77. The molecule has 1 aliphatic rings. The molecule has 1 amide bonds. The van der Waals surface area contributed by atoms with Crippen LogP contribution in [0.4, 0.5) is 5.69 Å². The molecule has 1 heterocycles. The number of ether oxygens (including phenoxy) is 1. The number of benzene rings is 1. The van der Waals surface area contributed by atoms with Gasteiger partial charge in [-0.1, -0.05) is 18.2 Å². The molecule has 1 aromatic rings. The summed E-state index contributed by atoms with van der Waals surface area (Å²) in [7, 11) is 1.69. The number of nitrogens with zero attached hydrogens (tertiary/aromatic N) is 1. The first-order chi connectivity index (χ1) is 10.9. The lowest BCUT2D eigenvalue weighted by molar-refractivity contribution is -0.139. The quantitative estimate of drug-likeness (QED) is 0.358. The van der Waals surface area contributed by atoms with Crippen LogP contribution < -0.4 is 4.90 Å². The molecule has 6 heteroatoms. The van der Waals surface area contributed by atoms with E-state index in [1.54, 1.807) is 25.1 Å². The number of hydrogen-bond donors (Lipinski definition) is 0. The second-order valence-electron chi connectivity index (χ2n) is 5.11. The molecule has 1 atom stereocenters. The number of esters is 1. The van der Waals surface area contributed by atoms with Gasteiger partial charge in [0.1, 0.15) is 5.57 Å². The third-order valence-electron chi connectivity index (χ3n) is 3.75. The van der Waals surface area contributed by atoms with Crippen LogP contribution in [0.25, 0.3) is 0 Å². The third-order valence-corrected chi connectivity index (χ3v) is 4.63. The Kier molecular flexibility index (Phi) is 5.26. The maximum absolute atomic E-state index is 12.7. The number of likely N-dealkylation sites (N-methyl/N-ethyl adjacent to an activating group) is 1. The fraction of sp³-hybridized carbons (Fsp3) is 0.353. The number of ketones is 1. The third kappa shape index (κ3) is 3.03. The molecule has 122 valence electrons. The predicted molar refractivity (Wildman–Crippen MR) is 90.4 cm³/mol. The standard InChI is InChI=1S/C17H19NO4S/c1-5-22-17(21)13(10(2)19)15(23-4)14-11-8-6-7-9-12(11)18(3)16(14)20/h6-9,14H,5H2,1-4H3/b15-13-. The molecule has 1 unspecified atom stereocenters. The second-order valence-corrected chi connectivity index (χ2v) is 5.96. The molecule has 0 bridgehead atoms. The number of amides is 1. The van der Waals surface area contributed by atoms with E-state index < -0.39 is 17.7 Å². The number of Topliss-reactive ketones (excluding diaryl/α,β-unsaturated/α-hetero) is 1. The lowest BCUT2D eigenvalue weighted by Crippen LogP contribution is -2.26. The fourth-order valence-electron chi connectivity index (χ4n) is 2.72. The van der Waals surface area contributed by atoms with Crippen molar-refractivity contribution in [3.05, 3.63) is 40.3 Å². The molecular formula is C17H19NO4S. The van der Waals surface area contributed by atoms with E-state index in [4.69, 9.17) is 4.74 Å². The summed E-state index contributed by atoms with van der Waals surface area (Å²) < 4.78 is 5.00. The monoisotopic (exact) mass is 333 g/mol. The van der Waals surface area contributed by atoms with Gasteiger partial charge < -0.3 is 9.64 Å². The van der Waals surface area contributed by atoms with Crippen LogP contribution in [0.1, 0.15) is 25.3 Å². The minimum Gasteiger partial charge on any atom is -0.462 e. The van der Waals surface area contributed by atoms with Crippen molar-refractivity contribution in [1.29, 1.82) is 0 Å². The second kappa shape index (κ2) is 7.00. The summed E-state index contributed by atoms with van der Waals surface area (Å²) in [5.41, 5.74) is 1.55. The van der Waals surface area contributed by atoms with Gasteiger partial charge in [-0.25, -0.2) is 4.79 Å². The van der Waals surface area contributed by atoms with E-state index in [2.05, 4.69) is 0 Å². The molecule has 0 N–H and O–H groups in total. The topological polar surface area (TPSA) is 63.7 Å². The number of hydrogen-bond acceptors (Lipinski definition) is 5. The molecule has 2 rings (SSSR count). The molecule has 0 fully saturated rings. The van der Waals surface area contributed by atoms with Crippen LogP contribution >= 0.6 is 11.8 Å². The number of thioether (sulfide) groups is 1. The van der Waals surface area contributed by atoms with Crippen molar-refractivity contribution in [3.63, 3.8) is 0 Å². The molecule has 1 aliphatic heterocycles. The van der Waals surface area contributed by atoms with Crippen molar-refractivity contribution >= 4 is 35.1 Å². The molecular weight excluding hydrogens is 314 g/mol. The van der Waals surface area contributed by atoms with E-state index in [9.17, 15) is 14.4 Å². The summed E-state index contributed by atoms with van der Waals surface area (Å²) in [6, 6.07) is 7.39. The number of anilines is 1. The van der Waals surface area contributed by atoms with Crippen LogP contribution in [-0.2, 0) is 19.1 Å². The van der Waals surface area contributed by atoms with Crippen LogP contribution in [0.15, 0.2) is 34.7 Å². The molecule has 23 heavy (non-hydrogen) atoms. The molecule has 0 saturated carbocycles. The minimum atomic E-state index is -0.677. The first-order valence-electron chi connectivity index (χ1n) is 7.26. The van der Waals surface area contributed by atoms with Gasteiger partial charge in [-0.05, 0) is 31.7 Å². The van der Waals surface area contributed by atoms with Crippen LogP contribution in [0.5, 0.6) is 0 Å². The highest BCUT2D eigenvalue weighted by molar-refractivity contribution is 8.02. The van der Waals surface area contributed by atoms with Gasteiger partial charge in [0.15, 0.2) is 5.78 Å². The number of carbonyl (C=O) groups is 3. The summed E-state index contributed by atoms with van der Waals surface area (Å²) in [5.74, 6) is -1.87. The molecule has 0 radical (unpaired) electrons. The lowest BCUT2D eigenvalue weighted by Gasteiger charge is -2.16. The smallest absolute Gasteiger partial charge is 0.342 e. The normalized spacial score (nSPS) is 17.7. The Morgan fingerprint density at radius 2 is 1.96 bits per heavy atom. The largest absolute Gasteiger partial charge is 0.462 e. The van der Waals surface area contributed by atoms with E-state index in [1.807, 2.05) is 24.3 Å². The maximum Gasteiger partial charge on any atom is 0.342 e. The molecule has 5 nitrogen and oxygen atoms in total. The molecule has 0 spiro atoms. The van der Waals surface area contributed by atoms with Gasteiger partial charge in [0.25, 0.3) is 0 Å². The summed E-state index contributed by atoms with van der Waals surface area (Å²) >= 11 is 1.24. The predicted octanol–water partition coefficient (Wildman–Crippen LogP) is 2.52. The van der Waals surface area contributed by atoms with Gasteiger partial charge in [-0.2, -0.15) is 0 Å². The Balaban J connectivity index is 2.64. The number of para-hydroxylation sites is 1. The first-order valence-corrected chi connectivity index (χ1v) is 8.49. The molecule has 1 aromatic carbocycles. The molecule has 0 aromatic heterocycles. The van der Waals surface area contributed by atoms with Gasteiger partial charge in [0, 0.05) is 17.6 Å².